The number of carbonyl (C=O) groups is 2. The predicted molar refractivity (Wildman–Crippen MR) is 447 cm³/mol. The minimum Gasteiger partial charge on any atom is -0.508 e. The van der Waals surface area contributed by atoms with Gasteiger partial charge in [-0.15, -0.1) is 0 Å². The number of aromatic hydroxyl groups is 2. The van der Waals surface area contributed by atoms with E-state index in [2.05, 4.69) is 84.6 Å². The molecule has 0 bridgehead atoms. The summed E-state index contributed by atoms with van der Waals surface area (Å²) >= 11 is 0. The quantitative estimate of drug-likeness (QED) is 0.0543. The van der Waals surface area contributed by atoms with E-state index in [0.717, 1.165) is 226 Å². The van der Waals surface area contributed by atoms with Gasteiger partial charge in [-0.2, -0.15) is 20.4 Å². The number of anilines is 4. The van der Waals surface area contributed by atoms with Gasteiger partial charge < -0.3 is 82.0 Å². The van der Waals surface area contributed by atoms with Crippen molar-refractivity contribution < 1.29 is 34.0 Å². The Morgan fingerprint density at radius 2 is 0.821 bits per heavy atom. The number of H-pyrrole nitrogens is 4. The van der Waals surface area contributed by atoms with Crippen molar-refractivity contribution >= 4 is 123 Å². The highest BCUT2D eigenvalue weighted by Gasteiger charge is 2.37. The van der Waals surface area contributed by atoms with Crippen LogP contribution < -0.4 is 32.4 Å². The number of nitrogen functional groups attached to an aromatic ring is 4. The van der Waals surface area contributed by atoms with Gasteiger partial charge in [-0.1, -0.05) is 36.4 Å². The number of piperidine rings is 3. The average molecular weight is 1580 g/mol. The molecule has 34 nitrogen and oxygen atoms in total. The summed E-state index contributed by atoms with van der Waals surface area (Å²) in [6, 6.07) is 31.9. The van der Waals surface area contributed by atoms with Gasteiger partial charge in [0.05, 0.1) is 99.3 Å². The molecule has 14 N–H and O–H groups in total. The highest BCUT2D eigenvalue weighted by atomic mass is 16.5. The lowest BCUT2D eigenvalue weighted by Gasteiger charge is -2.34. The number of aromatic amines is 4. The number of fused-ring (bicyclic) bond motifs is 8. The molecule has 1 saturated carbocycles. The number of phenolic OH excluding ortho intramolecular Hbond substituents is 2. The SMILES string of the molecule is CC(=O)N1CCC(n2nc(-c3cc4ccc(O)cc4[nH]3)c3c(N)ncnc32)CC1.CC(C)N1CCC(n2nc(-c3cc4cccc(O)c4[nH]3)c3c(N)ncnc32)CC1.COc1cccc2cc(-c3nn(C4CCN(C(=O)C5CC5)CC4)c4ncnc(N)c34)[nH]c12.COc1cccc2cc(-c3nn(C4CCOCC4)c4ncnc(N)c34)[nH]c12. The Bertz CT molecular complexity index is 6410. The maximum Gasteiger partial charge on any atom is 0.225 e. The van der Waals surface area contributed by atoms with Crippen molar-refractivity contribution in [1.82, 2.24) is 114 Å². The zero-order chi connectivity index (χ0) is 80.4. The number of hydrogen-bond acceptors (Lipinski definition) is 24. The number of methoxy groups -OCH3 is 2. The van der Waals surface area contributed by atoms with Gasteiger partial charge in [0.25, 0.3) is 0 Å². The van der Waals surface area contributed by atoms with E-state index in [0.29, 0.717) is 70.6 Å². The van der Waals surface area contributed by atoms with Crippen LogP contribution in [-0.2, 0) is 14.3 Å². The van der Waals surface area contributed by atoms with E-state index in [1.54, 1.807) is 39.3 Å². The number of aromatic nitrogens is 20. The molecule has 5 aliphatic rings. The number of phenols is 2. The zero-order valence-electron chi connectivity index (χ0n) is 65.5. The Morgan fingerprint density at radius 3 is 1.22 bits per heavy atom. The van der Waals surface area contributed by atoms with Crippen molar-refractivity contribution in [2.24, 2.45) is 5.92 Å². The van der Waals surface area contributed by atoms with E-state index in [9.17, 15) is 19.8 Å². The predicted octanol–water partition coefficient (Wildman–Crippen LogP) is 11.8. The first-order valence-corrected chi connectivity index (χ1v) is 39.7. The summed E-state index contributed by atoms with van der Waals surface area (Å²) < 4.78 is 24.4. The minimum absolute atomic E-state index is 0.0994. The van der Waals surface area contributed by atoms with Crippen molar-refractivity contribution in [3.63, 3.8) is 0 Å². The molecule has 2 amide bonds. The molecule has 600 valence electrons. The second-order valence-electron chi connectivity index (χ2n) is 30.9. The summed E-state index contributed by atoms with van der Waals surface area (Å²) in [5.74, 6) is 4.26. The number of para-hydroxylation sites is 3. The third-order valence-electron chi connectivity index (χ3n) is 23.4. The Morgan fingerprint density at radius 1 is 0.444 bits per heavy atom. The Balaban J connectivity index is 0.000000108. The van der Waals surface area contributed by atoms with Crippen LogP contribution in [0.4, 0.5) is 23.3 Å². The molecule has 16 heterocycles. The van der Waals surface area contributed by atoms with Gasteiger partial charge in [0.1, 0.15) is 94.4 Å². The Kier molecular flexibility index (Phi) is 19.9. The second-order valence-corrected chi connectivity index (χ2v) is 30.9. The highest BCUT2D eigenvalue weighted by Crippen LogP contribution is 2.43. The van der Waals surface area contributed by atoms with Crippen molar-refractivity contribution in [1.29, 1.82) is 0 Å². The van der Waals surface area contributed by atoms with Crippen LogP contribution in [0.5, 0.6) is 23.0 Å². The maximum absolute atomic E-state index is 12.4. The topological polar surface area (TPSA) is 454 Å². The lowest BCUT2D eigenvalue weighted by atomic mass is 10.0. The summed E-state index contributed by atoms with van der Waals surface area (Å²) in [7, 11) is 3.32. The smallest absolute Gasteiger partial charge is 0.225 e. The average Bonchev–Trinajstić information content (AvgIpc) is 1.61. The molecule has 1 aliphatic carbocycles. The fourth-order valence-corrected chi connectivity index (χ4v) is 17.0. The number of amides is 2. The van der Waals surface area contributed by atoms with Crippen LogP contribution in [0.3, 0.4) is 0 Å². The van der Waals surface area contributed by atoms with Crippen LogP contribution in [0.2, 0.25) is 0 Å². The van der Waals surface area contributed by atoms with Crippen LogP contribution in [-0.4, -0.2) is 208 Å². The molecule has 0 unspecified atom stereocenters. The number of rotatable bonds is 12. The lowest BCUT2D eigenvalue weighted by molar-refractivity contribution is -0.134. The van der Waals surface area contributed by atoms with Crippen LogP contribution in [0.15, 0.2) is 122 Å². The molecule has 4 saturated heterocycles. The molecule has 5 fully saturated rings. The molecule has 0 radical (unpaired) electrons. The zero-order valence-corrected chi connectivity index (χ0v) is 65.5. The monoisotopic (exact) mass is 1580 g/mol. The molecule has 117 heavy (non-hydrogen) atoms. The van der Waals surface area contributed by atoms with Crippen LogP contribution in [0.25, 0.3) is 133 Å². The molecule has 4 aliphatic heterocycles. The summed E-state index contributed by atoms with van der Waals surface area (Å²) in [6.07, 6.45) is 15.2. The number of nitrogens with zero attached hydrogens (tertiary/aromatic N) is 19. The standard InChI is InChI=1S/C23H25N7O2.C21H25N7O.C20H21N7O2.C19H20N6O2/c1-32-17-4-2-3-14-11-16(27-19(14)17)20-18-21(24)25-12-26-22(18)30(28-20)15-7-9-29(10-8-15)23(31)13-5-6-13;1-12(2)27-8-6-14(7-9-27)28-21-17(20(22)23-11-24-21)19(26-28)15-10-13-4-3-5-16(29)18(13)25-15;1-11(28)26-6-4-13(5-7-26)27-20-17(19(21)22-10-23-20)18(25-27)16-8-12-2-3-14(29)9-15(12)24-16;1-26-14-4-2-3-11-9-13(23-16(11)14)17-15-18(20)21-10-22-19(15)25(24-17)12-5-7-27-8-6-12/h2-4,11-13,15,27H,5-10H2,1H3,(H2,24,25,26);3-5,10-12,14,25,29H,6-9H2,1-2H3,(H2,22,23,24);2-3,8-10,13,24,29H,4-7H2,1H3,(H2,21,22,23);2-4,9-10,12,23H,5-8H2,1H3,(H2,20,21,22). The number of carbonyl (C=O) groups excluding carboxylic acids is 2. The van der Waals surface area contributed by atoms with E-state index in [4.69, 9.17) is 57.5 Å². The maximum atomic E-state index is 12.4. The normalized spacial score (nSPS) is 16.2. The number of nitrogens with one attached hydrogen (secondary N) is 4. The molecule has 16 aromatic rings. The summed E-state index contributed by atoms with van der Waals surface area (Å²) in [5, 5.41) is 46.5. The largest absolute Gasteiger partial charge is 0.508 e. The summed E-state index contributed by atoms with van der Waals surface area (Å²) in [5.41, 5.74) is 37.4. The van der Waals surface area contributed by atoms with E-state index < -0.39 is 0 Å². The van der Waals surface area contributed by atoms with Gasteiger partial charge in [0.15, 0.2) is 22.6 Å². The highest BCUT2D eigenvalue weighted by molar-refractivity contribution is 6.04. The van der Waals surface area contributed by atoms with Crippen molar-refractivity contribution in [3.8, 4) is 68.5 Å². The molecule has 0 spiro atoms. The fourth-order valence-electron chi connectivity index (χ4n) is 17.0. The summed E-state index contributed by atoms with van der Waals surface area (Å²) in [6.45, 7) is 12.5. The third-order valence-corrected chi connectivity index (χ3v) is 23.4. The van der Waals surface area contributed by atoms with Crippen molar-refractivity contribution in [2.45, 2.75) is 115 Å². The van der Waals surface area contributed by atoms with E-state index in [1.807, 2.05) is 101 Å². The number of hydrogen-bond donors (Lipinski definition) is 10. The molecule has 0 atom stereocenters. The van der Waals surface area contributed by atoms with Gasteiger partial charge in [0, 0.05) is 104 Å². The second kappa shape index (κ2) is 31.0. The summed E-state index contributed by atoms with van der Waals surface area (Å²) in [4.78, 5) is 78.7. The van der Waals surface area contributed by atoms with Gasteiger partial charge >= 0.3 is 0 Å². The number of ether oxygens (including phenoxy) is 3. The van der Waals surface area contributed by atoms with Gasteiger partial charge in [-0.05, 0) is 133 Å². The molecule has 21 rings (SSSR count). The van der Waals surface area contributed by atoms with E-state index in [1.165, 1.54) is 25.3 Å². The number of likely N-dealkylation sites (tertiary alicyclic amines) is 3. The third kappa shape index (κ3) is 14.1. The number of nitrogens with two attached hydrogens (primary N) is 4. The van der Waals surface area contributed by atoms with Crippen molar-refractivity contribution in [2.75, 3.05) is 89.6 Å². The molecular weight excluding hydrogens is 1490 g/mol. The molecule has 12 aromatic heterocycles. The first-order valence-electron chi connectivity index (χ1n) is 39.7. The number of benzene rings is 4. The Labute approximate surface area is 668 Å². The Hall–Kier alpha value is -13.5. The molecule has 34 heteroatoms. The molecule has 4 aromatic carbocycles. The van der Waals surface area contributed by atoms with Crippen LogP contribution in [0.1, 0.15) is 109 Å². The first kappa shape index (κ1) is 74.9. The van der Waals surface area contributed by atoms with Gasteiger partial charge in [-0.25, -0.2) is 58.6 Å². The van der Waals surface area contributed by atoms with Crippen LogP contribution in [0, 0.1) is 5.92 Å². The molecular formula is C83H91N27O7. The van der Waals surface area contributed by atoms with Crippen molar-refractivity contribution in [3.05, 3.63) is 122 Å². The van der Waals surface area contributed by atoms with E-state index in [-0.39, 0.29) is 47.5 Å². The lowest BCUT2D eigenvalue weighted by Crippen LogP contribution is -2.40. The minimum atomic E-state index is 0.0994. The first-order chi connectivity index (χ1) is 56.9. The fraction of sp³-hybridized carbons (Fsp3) is 0.349. The van der Waals surface area contributed by atoms with Crippen LogP contribution >= 0.6 is 0 Å². The van der Waals surface area contributed by atoms with Gasteiger partial charge in [-0.3, -0.25) is 9.59 Å². The van der Waals surface area contributed by atoms with E-state index >= 15 is 0 Å². The van der Waals surface area contributed by atoms with Gasteiger partial charge in [0.2, 0.25) is 11.8 Å².